The molecule has 0 amide bonds. The van der Waals surface area contributed by atoms with Crippen molar-refractivity contribution in [2.24, 2.45) is 5.92 Å². The third-order valence-electron chi connectivity index (χ3n) is 6.42. The lowest BCUT2D eigenvalue weighted by Gasteiger charge is -2.27. The van der Waals surface area contributed by atoms with Crippen molar-refractivity contribution in [3.05, 3.63) is 77.4 Å². The topological polar surface area (TPSA) is 9.23 Å². The summed E-state index contributed by atoms with van der Waals surface area (Å²) in [6, 6.07) is 12.4. The molecule has 0 N–H and O–H groups in total. The maximum Gasteiger partial charge on any atom is 0.201 e. The van der Waals surface area contributed by atoms with Crippen LogP contribution in [0.4, 0.5) is 17.6 Å². The summed E-state index contributed by atoms with van der Waals surface area (Å²) >= 11 is 0. The predicted molar refractivity (Wildman–Crippen MR) is 122 cm³/mol. The average molecular weight is 440 g/mol. The van der Waals surface area contributed by atoms with Gasteiger partial charge in [0, 0.05) is 11.1 Å². The van der Waals surface area contributed by atoms with Crippen molar-refractivity contribution in [1.29, 1.82) is 0 Å². The van der Waals surface area contributed by atoms with Gasteiger partial charge in [0.05, 0.1) is 6.51 Å². The number of ether oxygens (including phenoxy) is 1. The molecule has 1 aliphatic rings. The van der Waals surface area contributed by atoms with Crippen molar-refractivity contribution in [2.75, 3.05) is 6.51 Å². The summed E-state index contributed by atoms with van der Waals surface area (Å²) in [5, 5.41) is 0. The maximum atomic E-state index is 14.9. The van der Waals surface area contributed by atoms with Gasteiger partial charge in [-0.05, 0) is 53.5 Å². The molecule has 0 aromatic heterocycles. The van der Waals surface area contributed by atoms with Crippen LogP contribution in [0, 0.1) is 29.2 Å². The van der Waals surface area contributed by atoms with Gasteiger partial charge in [0.1, 0.15) is 0 Å². The zero-order chi connectivity index (χ0) is 22.8. The molecule has 32 heavy (non-hydrogen) atoms. The Labute approximate surface area is 186 Å². The fraction of sp³-hybridized carbons (Fsp3) is 0.308. The quantitative estimate of drug-likeness (QED) is 0.312. The first-order chi connectivity index (χ1) is 15.4. The molecule has 1 aliphatic carbocycles. The number of rotatable bonds is 5. The highest BCUT2D eigenvalue weighted by atomic mass is 19.2. The van der Waals surface area contributed by atoms with E-state index in [1.165, 1.54) is 12.1 Å². The molecule has 1 fully saturated rings. The van der Waals surface area contributed by atoms with E-state index in [-0.39, 0.29) is 29.3 Å². The molecule has 0 unspecified atom stereocenters. The molecular weight excluding hydrogens is 415 g/mol. The average Bonchev–Trinajstić information content (AvgIpc) is 2.80. The van der Waals surface area contributed by atoms with Crippen LogP contribution in [-0.2, 0) is 0 Å². The van der Waals surface area contributed by atoms with Crippen molar-refractivity contribution < 1.29 is 22.3 Å². The maximum absolute atomic E-state index is 14.9. The second kappa shape index (κ2) is 9.39. The molecule has 6 heteroatoms. The van der Waals surface area contributed by atoms with Gasteiger partial charge in [-0.2, -0.15) is 4.39 Å². The normalized spacial score (nSPS) is 18.5. The Kier molecular flexibility index (Phi) is 6.59. The minimum absolute atomic E-state index is 0.0506. The fourth-order valence-electron chi connectivity index (χ4n) is 4.52. The third kappa shape index (κ3) is 4.28. The summed E-state index contributed by atoms with van der Waals surface area (Å²) in [5.74, 6) is -3.17. The van der Waals surface area contributed by atoms with Crippen LogP contribution in [-0.4, -0.2) is 14.4 Å². The summed E-state index contributed by atoms with van der Waals surface area (Å²) in [6.07, 6.45) is 3.79. The van der Waals surface area contributed by atoms with Gasteiger partial charge in [0.25, 0.3) is 0 Å². The molecule has 0 spiro atoms. The molecule has 3 aromatic carbocycles. The van der Waals surface area contributed by atoms with E-state index in [1.54, 1.807) is 44.2 Å². The monoisotopic (exact) mass is 440 g/mol. The first-order valence-electron chi connectivity index (χ1n) is 11.1. The van der Waals surface area contributed by atoms with Crippen LogP contribution in [0.2, 0.25) is 0 Å². The lowest BCUT2D eigenvalue weighted by atomic mass is 9.79. The molecular formula is C26H25BF4O. The van der Waals surface area contributed by atoms with Crippen LogP contribution >= 0.6 is 0 Å². The minimum atomic E-state index is -1.05. The molecule has 0 atom stereocenters. The second-order valence-corrected chi connectivity index (χ2v) is 8.54. The number of halogens is 4. The van der Waals surface area contributed by atoms with Gasteiger partial charge in [-0.3, -0.25) is 0 Å². The SMILES string of the molecule is BCOc1ccc(-c2ccc(-c3ccc(C4CCC(C)CC4)c(F)c3F)cc2)c(F)c1F. The lowest BCUT2D eigenvalue weighted by molar-refractivity contribution is 0.339. The summed E-state index contributed by atoms with van der Waals surface area (Å²) in [4.78, 5) is 0. The van der Waals surface area contributed by atoms with Gasteiger partial charge >= 0.3 is 0 Å². The Morgan fingerprint density at radius 2 is 1.25 bits per heavy atom. The zero-order valence-corrected chi connectivity index (χ0v) is 18.2. The van der Waals surface area contributed by atoms with E-state index in [0.29, 0.717) is 22.6 Å². The smallest absolute Gasteiger partial charge is 0.201 e. The van der Waals surface area contributed by atoms with Crippen LogP contribution in [0.25, 0.3) is 22.3 Å². The fourth-order valence-corrected chi connectivity index (χ4v) is 4.52. The van der Waals surface area contributed by atoms with E-state index in [2.05, 4.69) is 6.92 Å². The van der Waals surface area contributed by atoms with Gasteiger partial charge in [0.2, 0.25) is 5.82 Å². The van der Waals surface area contributed by atoms with Gasteiger partial charge in [-0.15, -0.1) is 0 Å². The van der Waals surface area contributed by atoms with E-state index in [0.717, 1.165) is 25.7 Å². The second-order valence-electron chi connectivity index (χ2n) is 8.54. The Bertz CT molecular complexity index is 1110. The summed E-state index contributed by atoms with van der Waals surface area (Å²) < 4.78 is 63.6. The molecule has 0 bridgehead atoms. The first-order valence-corrected chi connectivity index (χ1v) is 11.1. The van der Waals surface area contributed by atoms with E-state index in [4.69, 9.17) is 4.74 Å². The Morgan fingerprint density at radius 3 is 1.81 bits per heavy atom. The van der Waals surface area contributed by atoms with Crippen LogP contribution < -0.4 is 4.74 Å². The molecule has 1 saturated carbocycles. The molecule has 0 saturated heterocycles. The Morgan fingerprint density at radius 1 is 0.719 bits per heavy atom. The van der Waals surface area contributed by atoms with Crippen LogP contribution in [0.5, 0.6) is 5.75 Å². The zero-order valence-electron chi connectivity index (χ0n) is 18.2. The molecule has 0 aliphatic heterocycles. The van der Waals surface area contributed by atoms with Crippen LogP contribution in [0.15, 0.2) is 48.5 Å². The molecule has 1 nitrogen and oxygen atoms in total. The van der Waals surface area contributed by atoms with E-state index < -0.39 is 23.3 Å². The highest BCUT2D eigenvalue weighted by Gasteiger charge is 2.25. The van der Waals surface area contributed by atoms with Crippen molar-refractivity contribution in [3.63, 3.8) is 0 Å². The predicted octanol–water partition coefficient (Wildman–Crippen LogP) is 6.84. The molecule has 0 heterocycles. The van der Waals surface area contributed by atoms with Gasteiger partial charge in [-0.1, -0.05) is 56.2 Å². The molecule has 3 aromatic rings. The highest BCUT2D eigenvalue weighted by Crippen LogP contribution is 2.39. The Balaban J connectivity index is 1.61. The van der Waals surface area contributed by atoms with Crippen molar-refractivity contribution in [3.8, 4) is 28.0 Å². The lowest BCUT2D eigenvalue weighted by Crippen LogP contribution is -2.13. The highest BCUT2D eigenvalue weighted by molar-refractivity contribution is 6.08. The molecule has 0 radical (unpaired) electrons. The van der Waals surface area contributed by atoms with E-state index in [9.17, 15) is 17.6 Å². The summed E-state index contributed by atoms with van der Waals surface area (Å²) in [7, 11) is 1.69. The van der Waals surface area contributed by atoms with Crippen LogP contribution in [0.3, 0.4) is 0 Å². The van der Waals surface area contributed by atoms with E-state index >= 15 is 0 Å². The molecule has 166 valence electrons. The van der Waals surface area contributed by atoms with Gasteiger partial charge < -0.3 is 4.74 Å². The first kappa shape index (κ1) is 22.4. The van der Waals surface area contributed by atoms with Gasteiger partial charge in [0.15, 0.2) is 31.0 Å². The number of hydrogen-bond donors (Lipinski definition) is 0. The van der Waals surface area contributed by atoms with Crippen LogP contribution in [0.1, 0.15) is 44.1 Å². The standard InChI is InChI=1S/C26H25BF4O/c1-15-2-4-16(5-3-15)19-10-11-20(24(29)23(19)28)17-6-8-18(9-7-17)21-12-13-22(32-14-27)26(31)25(21)30/h6-13,15-16H,2-5,14,27H2,1H3. The number of benzene rings is 3. The Hall–Kier alpha value is -2.76. The third-order valence-corrected chi connectivity index (χ3v) is 6.42. The van der Waals surface area contributed by atoms with E-state index in [1.807, 2.05) is 0 Å². The summed E-state index contributed by atoms with van der Waals surface area (Å²) in [6.45, 7) is 2.42. The molecule has 4 rings (SSSR count). The van der Waals surface area contributed by atoms with Gasteiger partial charge in [-0.25, -0.2) is 13.2 Å². The summed E-state index contributed by atoms with van der Waals surface area (Å²) in [5.41, 5.74) is 1.58. The van der Waals surface area contributed by atoms with Crippen molar-refractivity contribution in [1.82, 2.24) is 0 Å². The van der Waals surface area contributed by atoms with Crippen molar-refractivity contribution >= 4 is 7.85 Å². The largest absolute Gasteiger partial charge is 0.500 e. The number of hydrogen-bond acceptors (Lipinski definition) is 1. The minimum Gasteiger partial charge on any atom is -0.500 e. The van der Waals surface area contributed by atoms with Crippen molar-refractivity contribution in [2.45, 2.75) is 38.5 Å².